The van der Waals surface area contributed by atoms with Gasteiger partial charge in [-0.25, -0.2) is 9.18 Å². The van der Waals surface area contributed by atoms with Crippen molar-refractivity contribution in [3.63, 3.8) is 0 Å². The molecular weight excluding hydrogens is 282 g/mol. The van der Waals surface area contributed by atoms with E-state index in [0.717, 1.165) is 0 Å². The lowest BCUT2D eigenvalue weighted by atomic mass is 9.96. The number of aromatic nitrogens is 2. The highest BCUT2D eigenvalue weighted by atomic mass is 19.2. The minimum absolute atomic E-state index is 0.0972. The second-order valence-corrected chi connectivity index (χ2v) is 5.04. The Hall–Kier alpha value is -2.38. The van der Waals surface area contributed by atoms with Gasteiger partial charge in [0, 0.05) is 24.7 Å². The smallest absolute Gasteiger partial charge is 0.399 e. The van der Waals surface area contributed by atoms with E-state index in [4.69, 9.17) is 10.2 Å². The average molecular weight is 296 g/mol. The molecule has 1 saturated heterocycles. The molecule has 1 aliphatic rings. The van der Waals surface area contributed by atoms with E-state index in [2.05, 4.69) is 5.10 Å². The molecule has 8 heteroatoms. The Labute approximate surface area is 118 Å². The Morgan fingerprint density at radius 1 is 1.33 bits per heavy atom. The molecule has 1 aliphatic heterocycles. The molecule has 0 unspecified atom stereocenters. The molecule has 0 aliphatic carbocycles. The molecular formula is C13H14F2N4O2. The lowest BCUT2D eigenvalue weighted by Gasteiger charge is -2.32. The first-order valence-corrected chi connectivity index (χ1v) is 6.61. The molecule has 0 bridgehead atoms. The van der Waals surface area contributed by atoms with Gasteiger partial charge >= 0.3 is 5.76 Å². The minimum atomic E-state index is -1.11. The summed E-state index contributed by atoms with van der Waals surface area (Å²) in [6.45, 7) is 1.13. The highest BCUT2D eigenvalue weighted by Gasteiger charge is 2.26. The predicted octanol–water partition coefficient (Wildman–Crippen LogP) is 1.67. The van der Waals surface area contributed by atoms with Crippen LogP contribution < -0.4 is 16.4 Å². The molecule has 0 saturated carbocycles. The molecule has 112 valence electrons. The maximum atomic E-state index is 13.9. The van der Waals surface area contributed by atoms with Gasteiger partial charge in [-0.3, -0.25) is 0 Å². The van der Waals surface area contributed by atoms with Crippen molar-refractivity contribution in [3.8, 4) is 0 Å². The van der Waals surface area contributed by atoms with Gasteiger partial charge in [0.15, 0.2) is 0 Å². The molecule has 2 heterocycles. The summed E-state index contributed by atoms with van der Waals surface area (Å²) in [6, 6.07) is 4.57. The summed E-state index contributed by atoms with van der Waals surface area (Å²) in [5, 5.41) is 3.42. The Bertz CT molecular complexity index is 704. The molecule has 1 aromatic carbocycles. The Morgan fingerprint density at radius 2 is 2.05 bits per heavy atom. The van der Waals surface area contributed by atoms with E-state index in [-0.39, 0.29) is 22.5 Å². The van der Waals surface area contributed by atoms with Crippen molar-refractivity contribution in [3.05, 3.63) is 40.5 Å². The molecule has 0 amide bonds. The third kappa shape index (κ3) is 2.61. The van der Waals surface area contributed by atoms with Crippen molar-refractivity contribution in [2.75, 3.05) is 23.7 Å². The third-order valence-corrected chi connectivity index (χ3v) is 3.69. The van der Waals surface area contributed by atoms with Crippen LogP contribution in [-0.2, 0) is 0 Å². The van der Waals surface area contributed by atoms with Crippen LogP contribution in [0.1, 0.15) is 24.7 Å². The first-order valence-electron chi connectivity index (χ1n) is 6.61. The van der Waals surface area contributed by atoms with Crippen LogP contribution in [0.4, 0.5) is 20.2 Å². The summed E-state index contributed by atoms with van der Waals surface area (Å²) < 4.78 is 31.5. The normalized spacial score (nSPS) is 16.4. The largest absolute Gasteiger partial charge is 0.466 e. The summed E-state index contributed by atoms with van der Waals surface area (Å²) in [5.74, 6) is -1.52. The molecule has 0 radical (unpaired) electrons. The summed E-state index contributed by atoms with van der Waals surface area (Å²) in [7, 11) is 0. The van der Waals surface area contributed by atoms with Crippen molar-refractivity contribution in [1.82, 2.24) is 10.0 Å². The summed E-state index contributed by atoms with van der Waals surface area (Å²) >= 11 is 0. The number of nitrogens with two attached hydrogens (primary N) is 1. The minimum Gasteiger partial charge on any atom is -0.399 e. The molecule has 1 aromatic heterocycles. The van der Waals surface area contributed by atoms with Crippen LogP contribution in [0.5, 0.6) is 0 Å². The zero-order valence-corrected chi connectivity index (χ0v) is 11.1. The molecule has 0 spiro atoms. The van der Waals surface area contributed by atoms with Crippen molar-refractivity contribution < 1.29 is 13.3 Å². The third-order valence-electron chi connectivity index (χ3n) is 3.69. The average Bonchev–Trinajstić information content (AvgIpc) is 2.79. The van der Waals surface area contributed by atoms with Crippen molar-refractivity contribution >= 4 is 11.4 Å². The second kappa shape index (κ2) is 5.19. The van der Waals surface area contributed by atoms with Crippen LogP contribution in [-0.4, -0.2) is 23.1 Å². The van der Waals surface area contributed by atoms with Crippen molar-refractivity contribution in [2.45, 2.75) is 18.8 Å². The highest BCUT2D eigenvalue weighted by molar-refractivity contribution is 5.54. The fraction of sp³-hybridized carbons (Fsp3) is 0.385. The number of nitrogens with zero attached hydrogens (tertiary/aromatic N) is 3. The lowest BCUT2D eigenvalue weighted by molar-refractivity contribution is 0.282. The Morgan fingerprint density at radius 3 is 2.62 bits per heavy atom. The highest BCUT2D eigenvalue weighted by Crippen LogP contribution is 2.30. The number of nitrogen functional groups attached to an aromatic ring is 1. The zero-order chi connectivity index (χ0) is 15.0. The van der Waals surface area contributed by atoms with Gasteiger partial charge in [-0.1, -0.05) is 4.48 Å². The van der Waals surface area contributed by atoms with Gasteiger partial charge in [0.1, 0.15) is 5.82 Å². The first kappa shape index (κ1) is 13.6. The Balaban J connectivity index is 1.71. The van der Waals surface area contributed by atoms with E-state index in [9.17, 15) is 13.7 Å². The second-order valence-electron chi connectivity index (χ2n) is 5.04. The van der Waals surface area contributed by atoms with Crippen LogP contribution in [0.3, 0.4) is 0 Å². The van der Waals surface area contributed by atoms with Crippen molar-refractivity contribution in [1.29, 1.82) is 0 Å². The SMILES string of the molecule is Nc1ccc(N2CCC(c3nn(F)c(=O)o3)CC2)c(F)c1. The van der Waals surface area contributed by atoms with Crippen LogP contribution in [0, 0.1) is 5.82 Å². The summed E-state index contributed by atoms with van der Waals surface area (Å²) in [4.78, 5) is 12.5. The Kier molecular flexibility index (Phi) is 3.36. The number of rotatable bonds is 2. The number of piperidine rings is 1. The molecule has 6 nitrogen and oxygen atoms in total. The number of hydrogen-bond acceptors (Lipinski definition) is 5. The molecule has 0 atom stereocenters. The fourth-order valence-corrected chi connectivity index (χ4v) is 2.59. The van der Waals surface area contributed by atoms with E-state index in [0.29, 0.717) is 37.3 Å². The molecule has 21 heavy (non-hydrogen) atoms. The van der Waals surface area contributed by atoms with Gasteiger partial charge in [-0.05, 0) is 35.9 Å². The number of benzene rings is 1. The molecule has 3 rings (SSSR count). The lowest BCUT2D eigenvalue weighted by Crippen LogP contribution is -2.33. The maximum Gasteiger partial charge on any atom is 0.466 e. The summed E-state index contributed by atoms with van der Waals surface area (Å²) in [5.41, 5.74) is 6.39. The van der Waals surface area contributed by atoms with Gasteiger partial charge in [0.25, 0.3) is 0 Å². The van der Waals surface area contributed by atoms with Gasteiger partial charge in [0.2, 0.25) is 5.89 Å². The topological polar surface area (TPSA) is 77.3 Å². The van der Waals surface area contributed by atoms with E-state index < -0.39 is 5.76 Å². The number of halogens is 2. The number of anilines is 2. The number of hydrogen-bond donors (Lipinski definition) is 1. The summed E-state index contributed by atoms with van der Waals surface area (Å²) in [6.07, 6.45) is 1.20. The van der Waals surface area contributed by atoms with E-state index in [1.165, 1.54) is 6.07 Å². The predicted molar refractivity (Wildman–Crippen MR) is 72.3 cm³/mol. The van der Waals surface area contributed by atoms with Crippen LogP contribution in [0.15, 0.2) is 27.4 Å². The maximum absolute atomic E-state index is 13.9. The molecule has 2 aromatic rings. The van der Waals surface area contributed by atoms with Gasteiger partial charge in [0.05, 0.1) is 5.69 Å². The van der Waals surface area contributed by atoms with Gasteiger partial charge in [-0.2, -0.15) is 0 Å². The van der Waals surface area contributed by atoms with E-state index in [1.54, 1.807) is 12.1 Å². The standard InChI is InChI=1S/C13H14F2N4O2/c14-10-7-9(16)1-2-11(10)18-5-3-8(4-6-18)12-17-19(15)13(20)21-12/h1-2,7-8H,3-6,16H2. The quantitative estimate of drug-likeness (QED) is 0.853. The fourth-order valence-electron chi connectivity index (χ4n) is 2.59. The van der Waals surface area contributed by atoms with Gasteiger partial charge < -0.3 is 15.1 Å². The first-order chi connectivity index (χ1) is 10.0. The monoisotopic (exact) mass is 296 g/mol. The van der Waals surface area contributed by atoms with E-state index >= 15 is 0 Å². The van der Waals surface area contributed by atoms with Crippen LogP contribution in [0.2, 0.25) is 0 Å². The van der Waals surface area contributed by atoms with Crippen LogP contribution >= 0.6 is 0 Å². The molecule has 2 N–H and O–H groups in total. The van der Waals surface area contributed by atoms with Crippen LogP contribution in [0.25, 0.3) is 0 Å². The van der Waals surface area contributed by atoms with Crippen molar-refractivity contribution in [2.24, 2.45) is 0 Å². The van der Waals surface area contributed by atoms with Gasteiger partial charge in [-0.15, -0.1) is 5.10 Å². The molecule has 1 fully saturated rings. The zero-order valence-electron chi connectivity index (χ0n) is 11.1. The van der Waals surface area contributed by atoms with E-state index in [1.807, 2.05) is 4.90 Å².